The molecule has 2 atom stereocenters. The number of halogens is 3. The number of rotatable bonds is 9. The summed E-state index contributed by atoms with van der Waals surface area (Å²) in [5, 5.41) is 5.04. The predicted molar refractivity (Wildman–Crippen MR) is 131 cm³/mol. The van der Waals surface area contributed by atoms with Gasteiger partial charge < -0.3 is 21.1 Å². The van der Waals surface area contributed by atoms with Crippen LogP contribution in [0.25, 0.3) is 0 Å². The summed E-state index contributed by atoms with van der Waals surface area (Å²) in [6.07, 6.45) is -3.94. The maximum Gasteiger partial charge on any atom is 0.416 e. The zero-order valence-electron chi connectivity index (χ0n) is 20.9. The van der Waals surface area contributed by atoms with E-state index in [0.29, 0.717) is 19.3 Å². The first-order chi connectivity index (χ1) is 16.8. The topological polar surface area (TPSA) is 111 Å². The van der Waals surface area contributed by atoms with Crippen molar-refractivity contribution in [1.82, 2.24) is 10.6 Å². The standard InChI is InChI=1S/C21H24F3N3O2.C5H10O2/c1-26-20(29)18(12-11-14-7-3-2-4-8-14)27-19(28)17(25)13-15-9-5-6-10-16(15)21(22,23)24;1-5(2,3)7-4-6/h2-10,17-18H,11-13,25H2,1H3,(H,26,29)(H,27,28);4H,1-3H3. The molecule has 2 rings (SSSR count). The molecule has 7 nitrogen and oxygen atoms in total. The van der Waals surface area contributed by atoms with E-state index < -0.39 is 35.6 Å². The van der Waals surface area contributed by atoms with Gasteiger partial charge in [-0.2, -0.15) is 13.2 Å². The molecule has 0 saturated carbocycles. The van der Waals surface area contributed by atoms with Crippen LogP contribution in [-0.2, 0) is 38.1 Å². The third-order valence-corrected chi connectivity index (χ3v) is 4.94. The fraction of sp³-hybridized carbons (Fsp3) is 0.423. The van der Waals surface area contributed by atoms with E-state index >= 15 is 0 Å². The Morgan fingerprint density at radius 2 is 1.58 bits per heavy atom. The van der Waals surface area contributed by atoms with Gasteiger partial charge >= 0.3 is 6.18 Å². The molecule has 0 saturated heterocycles. The first kappa shape index (κ1) is 30.6. The van der Waals surface area contributed by atoms with E-state index in [-0.39, 0.29) is 17.6 Å². The third-order valence-electron chi connectivity index (χ3n) is 4.94. The molecule has 0 aromatic heterocycles. The number of amides is 2. The molecule has 0 heterocycles. The average molecular weight is 510 g/mol. The van der Waals surface area contributed by atoms with Crippen molar-refractivity contribution in [2.24, 2.45) is 5.73 Å². The number of alkyl halides is 3. The first-order valence-electron chi connectivity index (χ1n) is 11.4. The van der Waals surface area contributed by atoms with Crippen molar-refractivity contribution in [3.05, 3.63) is 71.3 Å². The van der Waals surface area contributed by atoms with Gasteiger partial charge in [0.15, 0.2) is 0 Å². The minimum atomic E-state index is -4.53. The van der Waals surface area contributed by atoms with E-state index in [4.69, 9.17) is 5.73 Å². The number of ether oxygens (including phenoxy) is 1. The SMILES string of the molecule is CC(C)(C)OC=O.CNC(=O)C(CCc1ccccc1)NC(=O)C(N)Cc1ccccc1C(F)(F)F. The lowest BCUT2D eigenvalue weighted by Crippen LogP contribution is -2.51. The molecule has 4 N–H and O–H groups in total. The van der Waals surface area contributed by atoms with Crippen LogP contribution in [0.1, 0.15) is 43.9 Å². The molecule has 0 aliphatic heterocycles. The van der Waals surface area contributed by atoms with Crippen LogP contribution < -0.4 is 16.4 Å². The Labute approximate surface area is 209 Å². The number of hydrogen-bond donors (Lipinski definition) is 3. The molecule has 2 aromatic rings. The van der Waals surface area contributed by atoms with Crippen molar-refractivity contribution in [3.63, 3.8) is 0 Å². The van der Waals surface area contributed by atoms with Gasteiger partial charge in [0.1, 0.15) is 11.6 Å². The number of carbonyl (C=O) groups is 3. The largest absolute Gasteiger partial charge is 0.462 e. The number of aryl methyl sites for hydroxylation is 1. The number of benzene rings is 2. The molecule has 0 bridgehead atoms. The van der Waals surface area contributed by atoms with Crippen molar-refractivity contribution in [3.8, 4) is 0 Å². The molecule has 10 heteroatoms. The van der Waals surface area contributed by atoms with Crippen molar-refractivity contribution < 1.29 is 32.3 Å². The molecular formula is C26H34F3N3O4. The molecule has 0 aliphatic rings. The van der Waals surface area contributed by atoms with Crippen LogP contribution in [0.4, 0.5) is 13.2 Å². The van der Waals surface area contributed by atoms with Crippen LogP contribution in [0, 0.1) is 0 Å². The van der Waals surface area contributed by atoms with Gasteiger partial charge in [-0.25, -0.2) is 0 Å². The number of nitrogens with one attached hydrogen (secondary N) is 2. The quantitative estimate of drug-likeness (QED) is 0.449. The second-order valence-corrected chi connectivity index (χ2v) is 8.99. The Morgan fingerprint density at radius 1 is 1.00 bits per heavy atom. The molecule has 2 aromatic carbocycles. The number of likely N-dealkylation sites (N-methyl/N-ethyl adjacent to an activating group) is 1. The van der Waals surface area contributed by atoms with Gasteiger partial charge in [0.05, 0.1) is 11.6 Å². The Balaban J connectivity index is 0.000000809. The van der Waals surface area contributed by atoms with Gasteiger partial charge in [0.2, 0.25) is 11.8 Å². The molecule has 0 fully saturated rings. The fourth-order valence-corrected chi connectivity index (χ4v) is 3.13. The van der Waals surface area contributed by atoms with Crippen LogP contribution in [-0.4, -0.2) is 43.0 Å². The van der Waals surface area contributed by atoms with Gasteiger partial charge in [0, 0.05) is 7.05 Å². The van der Waals surface area contributed by atoms with Crippen LogP contribution in [0.15, 0.2) is 54.6 Å². The van der Waals surface area contributed by atoms with E-state index in [2.05, 4.69) is 15.4 Å². The predicted octanol–water partition coefficient (Wildman–Crippen LogP) is 3.40. The summed E-state index contributed by atoms with van der Waals surface area (Å²) in [6.45, 7) is 5.92. The van der Waals surface area contributed by atoms with Crippen LogP contribution in [0.5, 0.6) is 0 Å². The third kappa shape index (κ3) is 11.4. The maximum atomic E-state index is 13.1. The van der Waals surface area contributed by atoms with Gasteiger partial charge in [0.25, 0.3) is 6.47 Å². The lowest BCUT2D eigenvalue weighted by atomic mass is 9.99. The summed E-state index contributed by atoms with van der Waals surface area (Å²) in [7, 11) is 1.45. The van der Waals surface area contributed by atoms with Crippen molar-refractivity contribution >= 4 is 18.3 Å². The number of nitrogens with two attached hydrogens (primary N) is 1. The highest BCUT2D eigenvalue weighted by Crippen LogP contribution is 2.32. The number of carbonyl (C=O) groups excluding carboxylic acids is 3. The Kier molecular flexibility index (Phi) is 12.1. The minimum absolute atomic E-state index is 0.0663. The summed E-state index contributed by atoms with van der Waals surface area (Å²) in [5.41, 5.74) is 5.64. The lowest BCUT2D eigenvalue weighted by Gasteiger charge is -2.21. The normalized spacial score (nSPS) is 12.9. The van der Waals surface area contributed by atoms with Gasteiger partial charge in [-0.15, -0.1) is 0 Å². The zero-order chi connectivity index (χ0) is 27.4. The highest BCUT2D eigenvalue weighted by molar-refractivity contribution is 5.89. The summed E-state index contributed by atoms with van der Waals surface area (Å²) in [4.78, 5) is 34.2. The summed E-state index contributed by atoms with van der Waals surface area (Å²) in [6, 6.07) is 12.4. The Hall–Kier alpha value is -3.40. The van der Waals surface area contributed by atoms with Crippen molar-refractivity contribution in [2.75, 3.05) is 7.05 Å². The van der Waals surface area contributed by atoms with E-state index in [1.807, 2.05) is 51.1 Å². The van der Waals surface area contributed by atoms with Crippen molar-refractivity contribution in [2.45, 2.75) is 63.9 Å². The minimum Gasteiger partial charge on any atom is -0.462 e. The van der Waals surface area contributed by atoms with Crippen molar-refractivity contribution in [1.29, 1.82) is 0 Å². The van der Waals surface area contributed by atoms with Crippen LogP contribution in [0.3, 0.4) is 0 Å². The number of hydrogen-bond acceptors (Lipinski definition) is 5. The van der Waals surface area contributed by atoms with Gasteiger partial charge in [-0.3, -0.25) is 14.4 Å². The lowest BCUT2D eigenvalue weighted by molar-refractivity contribution is -0.139. The summed E-state index contributed by atoms with van der Waals surface area (Å²) < 4.78 is 43.9. The van der Waals surface area contributed by atoms with E-state index in [0.717, 1.165) is 11.6 Å². The smallest absolute Gasteiger partial charge is 0.416 e. The highest BCUT2D eigenvalue weighted by atomic mass is 19.4. The fourth-order valence-electron chi connectivity index (χ4n) is 3.13. The second-order valence-electron chi connectivity index (χ2n) is 8.99. The molecule has 198 valence electrons. The molecular weight excluding hydrogens is 475 g/mol. The summed E-state index contributed by atoms with van der Waals surface area (Å²) in [5.74, 6) is -1.07. The Morgan fingerprint density at radius 3 is 2.08 bits per heavy atom. The van der Waals surface area contributed by atoms with E-state index in [9.17, 15) is 27.6 Å². The van der Waals surface area contributed by atoms with Gasteiger partial charge in [-0.05, 0) is 57.2 Å². The molecule has 0 aliphatic carbocycles. The average Bonchev–Trinajstić information content (AvgIpc) is 2.81. The van der Waals surface area contributed by atoms with Crippen LogP contribution >= 0.6 is 0 Å². The molecule has 2 unspecified atom stereocenters. The highest BCUT2D eigenvalue weighted by Gasteiger charge is 2.34. The van der Waals surface area contributed by atoms with E-state index in [1.54, 1.807) is 0 Å². The van der Waals surface area contributed by atoms with Gasteiger partial charge in [-0.1, -0.05) is 48.5 Å². The van der Waals surface area contributed by atoms with Crippen LogP contribution in [0.2, 0.25) is 0 Å². The maximum absolute atomic E-state index is 13.1. The molecule has 36 heavy (non-hydrogen) atoms. The Bertz CT molecular complexity index is 976. The molecule has 0 spiro atoms. The summed E-state index contributed by atoms with van der Waals surface area (Å²) >= 11 is 0. The zero-order valence-corrected chi connectivity index (χ0v) is 20.9. The second kappa shape index (κ2) is 14.2. The molecule has 0 radical (unpaired) electrons. The monoisotopic (exact) mass is 509 g/mol. The molecule has 2 amide bonds. The first-order valence-corrected chi connectivity index (χ1v) is 11.4. The van der Waals surface area contributed by atoms with E-state index in [1.165, 1.54) is 25.2 Å².